The fraction of sp³-hybridized carbons (Fsp3) is 0.200. The molecule has 0 aliphatic carbocycles. The molecule has 0 unspecified atom stereocenters. The summed E-state index contributed by atoms with van der Waals surface area (Å²) in [6, 6.07) is 4.25. The molecule has 0 spiro atoms. The van der Waals surface area contributed by atoms with E-state index in [1.807, 2.05) is 0 Å². The second-order valence-electron chi connectivity index (χ2n) is 2.65. The van der Waals surface area contributed by atoms with Crippen molar-refractivity contribution in [1.29, 1.82) is 0 Å². The van der Waals surface area contributed by atoms with Gasteiger partial charge in [-0.25, -0.2) is 0 Å². The Balaban J connectivity index is 3.14. The van der Waals surface area contributed by atoms with Gasteiger partial charge < -0.3 is 10.5 Å². The van der Waals surface area contributed by atoms with E-state index in [1.165, 1.54) is 19.2 Å². The van der Waals surface area contributed by atoms with Gasteiger partial charge in [0, 0.05) is 6.07 Å². The highest BCUT2D eigenvalue weighted by Gasteiger charge is 2.09. The van der Waals surface area contributed by atoms with Crippen LogP contribution in [-0.2, 0) is 0 Å². The van der Waals surface area contributed by atoms with Crippen LogP contribution >= 0.6 is 0 Å². The zero-order valence-corrected chi connectivity index (χ0v) is 8.19. The van der Waals surface area contributed by atoms with Crippen molar-refractivity contribution in [2.24, 2.45) is 5.73 Å². The van der Waals surface area contributed by atoms with Gasteiger partial charge >= 0.3 is 0 Å². The molecule has 1 rings (SSSR count). The number of nitrogens with zero attached hydrogens (tertiary/aromatic N) is 1. The first-order chi connectivity index (χ1) is 7.19. The molecule has 0 aliphatic rings. The third-order valence-corrected chi connectivity index (χ3v) is 1.72. The van der Waals surface area contributed by atoms with E-state index >= 15 is 0 Å². The van der Waals surface area contributed by atoms with Gasteiger partial charge in [0.1, 0.15) is 5.75 Å². The Kier molecular flexibility index (Phi) is 3.66. The van der Waals surface area contributed by atoms with E-state index in [4.69, 9.17) is 10.5 Å². The van der Waals surface area contributed by atoms with E-state index in [1.54, 1.807) is 6.07 Å². The molecule has 2 N–H and O–H groups in total. The van der Waals surface area contributed by atoms with Crippen molar-refractivity contribution in [3.63, 3.8) is 0 Å². The van der Waals surface area contributed by atoms with Crippen LogP contribution in [0.15, 0.2) is 18.2 Å². The predicted molar refractivity (Wildman–Crippen MR) is 55.6 cm³/mol. The molecular formula is C10H10N2O3. The molecule has 0 atom stereocenters. The lowest BCUT2D eigenvalue weighted by atomic mass is 10.2. The highest BCUT2D eigenvalue weighted by atomic mass is 16.6. The average Bonchev–Trinajstić information content (AvgIpc) is 2.25. The van der Waals surface area contributed by atoms with Gasteiger partial charge in [-0.3, -0.25) is 10.1 Å². The molecule has 0 saturated carbocycles. The average molecular weight is 206 g/mol. The van der Waals surface area contributed by atoms with Crippen molar-refractivity contribution in [3.05, 3.63) is 33.9 Å². The van der Waals surface area contributed by atoms with E-state index in [0.29, 0.717) is 11.3 Å². The fourth-order valence-electron chi connectivity index (χ4n) is 1.04. The summed E-state index contributed by atoms with van der Waals surface area (Å²) < 4.78 is 4.99. The van der Waals surface area contributed by atoms with Crippen LogP contribution in [0.3, 0.4) is 0 Å². The summed E-state index contributed by atoms with van der Waals surface area (Å²) >= 11 is 0. The Hall–Kier alpha value is -2.06. The molecule has 0 heterocycles. The highest BCUT2D eigenvalue weighted by molar-refractivity contribution is 5.52. The van der Waals surface area contributed by atoms with Gasteiger partial charge in [0.05, 0.1) is 30.2 Å². The minimum Gasteiger partial charge on any atom is -0.495 e. The molecule has 0 bridgehead atoms. The first-order valence-electron chi connectivity index (χ1n) is 4.20. The number of methoxy groups -OCH3 is 1. The monoisotopic (exact) mass is 206 g/mol. The highest BCUT2D eigenvalue weighted by Crippen LogP contribution is 2.23. The Morgan fingerprint density at radius 3 is 2.87 bits per heavy atom. The number of rotatable bonds is 2. The molecule has 1 aromatic carbocycles. The van der Waals surface area contributed by atoms with E-state index in [9.17, 15) is 10.1 Å². The van der Waals surface area contributed by atoms with Crippen LogP contribution in [0.4, 0.5) is 5.69 Å². The lowest BCUT2D eigenvalue weighted by Crippen LogP contribution is -1.95. The van der Waals surface area contributed by atoms with E-state index in [-0.39, 0.29) is 12.2 Å². The summed E-state index contributed by atoms with van der Waals surface area (Å²) in [6.07, 6.45) is 0. The number of non-ortho nitro benzene ring substituents is 1. The second-order valence-corrected chi connectivity index (χ2v) is 2.65. The molecule has 0 amide bonds. The SMILES string of the molecule is COc1cc([N+](=O)[O-])ccc1C#CCN. The third kappa shape index (κ3) is 2.69. The summed E-state index contributed by atoms with van der Waals surface area (Å²) in [6.45, 7) is 0.236. The predicted octanol–water partition coefficient (Wildman–Crippen LogP) is 0.914. The van der Waals surface area contributed by atoms with E-state index < -0.39 is 4.92 Å². The van der Waals surface area contributed by atoms with Crippen LogP contribution < -0.4 is 10.5 Å². The van der Waals surface area contributed by atoms with Crippen LogP contribution in [0.5, 0.6) is 5.75 Å². The van der Waals surface area contributed by atoms with Gasteiger partial charge in [0.2, 0.25) is 0 Å². The Morgan fingerprint density at radius 1 is 1.60 bits per heavy atom. The van der Waals surface area contributed by atoms with Crippen molar-refractivity contribution < 1.29 is 9.66 Å². The number of nitro benzene ring substituents is 1. The summed E-state index contributed by atoms with van der Waals surface area (Å²) in [5.74, 6) is 5.80. The minimum atomic E-state index is -0.483. The maximum atomic E-state index is 10.5. The smallest absolute Gasteiger partial charge is 0.273 e. The van der Waals surface area contributed by atoms with Crippen molar-refractivity contribution in [1.82, 2.24) is 0 Å². The first kappa shape index (κ1) is 11.0. The zero-order chi connectivity index (χ0) is 11.3. The van der Waals surface area contributed by atoms with Gasteiger partial charge in [0.25, 0.3) is 5.69 Å². The van der Waals surface area contributed by atoms with Gasteiger partial charge in [-0.05, 0) is 6.07 Å². The second kappa shape index (κ2) is 4.98. The molecule has 15 heavy (non-hydrogen) atoms. The molecule has 0 aromatic heterocycles. The topological polar surface area (TPSA) is 78.4 Å². The minimum absolute atomic E-state index is 0.0230. The Labute approximate surface area is 87.0 Å². The summed E-state index contributed by atoms with van der Waals surface area (Å²) in [5, 5.41) is 10.5. The number of ether oxygens (including phenoxy) is 1. The zero-order valence-electron chi connectivity index (χ0n) is 8.19. The van der Waals surface area contributed by atoms with Crippen molar-refractivity contribution >= 4 is 5.69 Å². The van der Waals surface area contributed by atoms with Crippen LogP contribution in [0, 0.1) is 22.0 Å². The van der Waals surface area contributed by atoms with Crippen molar-refractivity contribution in [3.8, 4) is 17.6 Å². The summed E-state index contributed by atoms with van der Waals surface area (Å²) in [4.78, 5) is 10.0. The Bertz CT molecular complexity index is 432. The molecule has 0 radical (unpaired) electrons. The number of nitro groups is 1. The number of nitrogens with two attached hydrogens (primary N) is 1. The van der Waals surface area contributed by atoms with Gasteiger partial charge in [-0.2, -0.15) is 0 Å². The van der Waals surface area contributed by atoms with Gasteiger partial charge in [-0.1, -0.05) is 11.8 Å². The van der Waals surface area contributed by atoms with Crippen LogP contribution in [0.2, 0.25) is 0 Å². The summed E-state index contributed by atoms with van der Waals surface area (Å²) in [5.41, 5.74) is 5.79. The maximum Gasteiger partial charge on any atom is 0.273 e. The lowest BCUT2D eigenvalue weighted by molar-refractivity contribution is -0.384. The molecule has 1 aromatic rings. The third-order valence-electron chi connectivity index (χ3n) is 1.72. The Morgan fingerprint density at radius 2 is 2.33 bits per heavy atom. The van der Waals surface area contributed by atoms with Crippen molar-refractivity contribution in [2.45, 2.75) is 0 Å². The van der Waals surface area contributed by atoms with Gasteiger partial charge in [0.15, 0.2) is 0 Å². The maximum absolute atomic E-state index is 10.5. The number of hydrogen-bond acceptors (Lipinski definition) is 4. The molecule has 0 fully saturated rings. The molecule has 5 heteroatoms. The lowest BCUT2D eigenvalue weighted by Gasteiger charge is -2.02. The molecular weight excluding hydrogens is 196 g/mol. The number of hydrogen-bond donors (Lipinski definition) is 1. The quantitative estimate of drug-likeness (QED) is 0.443. The van der Waals surface area contributed by atoms with Crippen LogP contribution in [0.1, 0.15) is 5.56 Å². The molecule has 0 saturated heterocycles. The van der Waals surface area contributed by atoms with E-state index in [2.05, 4.69) is 11.8 Å². The van der Waals surface area contributed by atoms with Crippen LogP contribution in [0.25, 0.3) is 0 Å². The number of benzene rings is 1. The first-order valence-corrected chi connectivity index (χ1v) is 4.20. The fourth-order valence-corrected chi connectivity index (χ4v) is 1.04. The van der Waals surface area contributed by atoms with E-state index in [0.717, 1.165) is 0 Å². The molecule has 5 nitrogen and oxygen atoms in total. The van der Waals surface area contributed by atoms with Crippen molar-refractivity contribution in [2.75, 3.05) is 13.7 Å². The standard InChI is InChI=1S/C10H10N2O3/c1-15-10-7-9(12(13)14)5-4-8(10)3-2-6-11/h4-5,7H,6,11H2,1H3. The molecule has 0 aliphatic heterocycles. The largest absolute Gasteiger partial charge is 0.495 e. The summed E-state index contributed by atoms with van der Waals surface area (Å²) in [7, 11) is 1.44. The van der Waals surface area contributed by atoms with Crippen LogP contribution in [-0.4, -0.2) is 18.6 Å². The molecule has 78 valence electrons. The van der Waals surface area contributed by atoms with Gasteiger partial charge in [-0.15, -0.1) is 0 Å². The normalized spacial score (nSPS) is 8.93.